The Hall–Kier alpha value is -0.450. The van der Waals surface area contributed by atoms with Crippen LogP contribution < -0.4 is 5.73 Å². The fourth-order valence-electron chi connectivity index (χ4n) is 0.989. The standard InChI is InChI=1S/C7H6BrN3.2ClH/c8-6-4(9)1-2-5-7(6)11-3-10-5;;/h1-3H,9H2,(H,10,11);2*1H. The minimum Gasteiger partial charge on any atom is -0.398 e. The van der Waals surface area contributed by atoms with Gasteiger partial charge in [-0.2, -0.15) is 0 Å². The van der Waals surface area contributed by atoms with E-state index < -0.39 is 0 Å². The molecule has 3 nitrogen and oxygen atoms in total. The van der Waals surface area contributed by atoms with Gasteiger partial charge in [0.25, 0.3) is 0 Å². The molecule has 1 aromatic carbocycles. The average molecular weight is 285 g/mol. The molecule has 1 aromatic heterocycles. The van der Waals surface area contributed by atoms with Crippen LogP contribution in [0.25, 0.3) is 11.0 Å². The first-order valence-electron chi connectivity index (χ1n) is 3.16. The molecule has 13 heavy (non-hydrogen) atoms. The van der Waals surface area contributed by atoms with Crippen LogP contribution in [0.3, 0.4) is 0 Å². The number of aromatic amines is 1. The van der Waals surface area contributed by atoms with Gasteiger partial charge in [0.15, 0.2) is 0 Å². The van der Waals surface area contributed by atoms with Gasteiger partial charge in [-0.05, 0) is 28.1 Å². The highest BCUT2D eigenvalue weighted by Crippen LogP contribution is 2.26. The van der Waals surface area contributed by atoms with Gasteiger partial charge < -0.3 is 10.7 Å². The van der Waals surface area contributed by atoms with Crippen molar-refractivity contribution in [2.45, 2.75) is 0 Å². The number of nitrogen functional groups attached to an aromatic ring is 1. The average Bonchev–Trinajstić information content (AvgIpc) is 2.45. The highest BCUT2D eigenvalue weighted by atomic mass is 79.9. The zero-order chi connectivity index (χ0) is 7.84. The molecule has 0 aliphatic heterocycles. The maximum absolute atomic E-state index is 5.64. The summed E-state index contributed by atoms with van der Waals surface area (Å²) in [7, 11) is 0. The van der Waals surface area contributed by atoms with Gasteiger partial charge in [0.1, 0.15) is 5.52 Å². The third-order valence-corrected chi connectivity index (χ3v) is 2.39. The summed E-state index contributed by atoms with van der Waals surface area (Å²) in [5.41, 5.74) is 8.23. The predicted octanol–water partition coefficient (Wildman–Crippen LogP) is 2.75. The maximum Gasteiger partial charge on any atom is 0.104 e. The van der Waals surface area contributed by atoms with E-state index in [-0.39, 0.29) is 24.8 Å². The number of anilines is 1. The summed E-state index contributed by atoms with van der Waals surface area (Å²) in [5, 5.41) is 0. The Morgan fingerprint density at radius 1 is 1.31 bits per heavy atom. The van der Waals surface area contributed by atoms with Gasteiger partial charge in [0, 0.05) is 5.69 Å². The Bertz CT molecular complexity index is 402. The number of nitrogens with one attached hydrogen (secondary N) is 1. The Labute approximate surface area is 96.1 Å². The van der Waals surface area contributed by atoms with Crippen molar-refractivity contribution in [1.29, 1.82) is 0 Å². The van der Waals surface area contributed by atoms with Crippen molar-refractivity contribution in [3.63, 3.8) is 0 Å². The summed E-state index contributed by atoms with van der Waals surface area (Å²) >= 11 is 3.35. The molecule has 0 aliphatic rings. The van der Waals surface area contributed by atoms with Crippen molar-refractivity contribution in [1.82, 2.24) is 9.97 Å². The molecule has 0 radical (unpaired) electrons. The van der Waals surface area contributed by atoms with Crippen molar-refractivity contribution < 1.29 is 0 Å². The molecule has 0 fully saturated rings. The van der Waals surface area contributed by atoms with Crippen LogP contribution in [0.4, 0.5) is 5.69 Å². The summed E-state index contributed by atoms with van der Waals surface area (Å²) in [6, 6.07) is 3.74. The van der Waals surface area contributed by atoms with Crippen molar-refractivity contribution in [3.8, 4) is 0 Å². The number of fused-ring (bicyclic) bond motifs is 1. The molecule has 0 bridgehead atoms. The molecule has 2 aromatic rings. The second kappa shape index (κ2) is 4.69. The van der Waals surface area contributed by atoms with Crippen molar-refractivity contribution >= 4 is 57.5 Å². The highest BCUT2D eigenvalue weighted by Gasteiger charge is 2.02. The Kier molecular flexibility index (Phi) is 4.53. The number of hydrogen-bond donors (Lipinski definition) is 2. The minimum atomic E-state index is 0. The topological polar surface area (TPSA) is 54.7 Å². The van der Waals surface area contributed by atoms with Gasteiger partial charge in [0.2, 0.25) is 0 Å². The highest BCUT2D eigenvalue weighted by molar-refractivity contribution is 9.10. The lowest BCUT2D eigenvalue weighted by Crippen LogP contribution is -1.86. The second-order valence-corrected chi connectivity index (χ2v) is 3.06. The van der Waals surface area contributed by atoms with Gasteiger partial charge in [-0.15, -0.1) is 24.8 Å². The van der Waals surface area contributed by atoms with Crippen LogP contribution >= 0.6 is 40.7 Å². The monoisotopic (exact) mass is 283 g/mol. The normalized spacial score (nSPS) is 9.00. The van der Waals surface area contributed by atoms with E-state index in [0.717, 1.165) is 15.5 Å². The fraction of sp³-hybridized carbons (Fsp3) is 0. The minimum absolute atomic E-state index is 0. The molecular formula is C7H8BrCl2N3. The molecule has 1 heterocycles. The predicted molar refractivity (Wildman–Crippen MR) is 62.7 cm³/mol. The van der Waals surface area contributed by atoms with Crippen molar-refractivity contribution in [3.05, 3.63) is 22.9 Å². The lowest BCUT2D eigenvalue weighted by atomic mass is 10.3. The number of nitrogens with zero attached hydrogens (tertiary/aromatic N) is 1. The van der Waals surface area contributed by atoms with E-state index in [1.807, 2.05) is 12.1 Å². The molecule has 72 valence electrons. The van der Waals surface area contributed by atoms with Crippen LogP contribution in [0.5, 0.6) is 0 Å². The largest absolute Gasteiger partial charge is 0.398 e. The van der Waals surface area contributed by atoms with E-state index in [0.29, 0.717) is 5.69 Å². The molecule has 3 N–H and O–H groups in total. The first-order valence-corrected chi connectivity index (χ1v) is 3.95. The van der Waals surface area contributed by atoms with Crippen LogP contribution in [-0.4, -0.2) is 9.97 Å². The smallest absolute Gasteiger partial charge is 0.104 e. The van der Waals surface area contributed by atoms with Crippen LogP contribution in [0, 0.1) is 0 Å². The molecule has 2 rings (SSSR count). The van der Waals surface area contributed by atoms with Crippen molar-refractivity contribution in [2.24, 2.45) is 0 Å². The summed E-state index contributed by atoms with van der Waals surface area (Å²) in [4.78, 5) is 7.09. The summed E-state index contributed by atoms with van der Waals surface area (Å²) in [5.74, 6) is 0. The number of rotatable bonds is 0. The number of aromatic nitrogens is 2. The Morgan fingerprint density at radius 2 is 2.00 bits per heavy atom. The van der Waals surface area contributed by atoms with Gasteiger partial charge in [-0.3, -0.25) is 0 Å². The van der Waals surface area contributed by atoms with Gasteiger partial charge in [-0.25, -0.2) is 4.98 Å². The number of nitrogens with two attached hydrogens (primary N) is 1. The second-order valence-electron chi connectivity index (χ2n) is 2.27. The molecule has 0 amide bonds. The lowest BCUT2D eigenvalue weighted by Gasteiger charge is -1.96. The van der Waals surface area contributed by atoms with Gasteiger partial charge in [-0.1, -0.05) is 0 Å². The molecule has 6 heteroatoms. The number of imidazole rings is 1. The van der Waals surface area contributed by atoms with Crippen LogP contribution in [0.1, 0.15) is 0 Å². The van der Waals surface area contributed by atoms with E-state index in [4.69, 9.17) is 5.73 Å². The third-order valence-electron chi connectivity index (χ3n) is 1.56. The Morgan fingerprint density at radius 3 is 2.69 bits per heavy atom. The molecule has 0 saturated heterocycles. The van der Waals surface area contributed by atoms with E-state index in [2.05, 4.69) is 25.9 Å². The molecule has 0 saturated carbocycles. The van der Waals surface area contributed by atoms with E-state index >= 15 is 0 Å². The SMILES string of the molecule is Cl.Cl.Nc1ccc2[nH]cnc2c1Br. The summed E-state index contributed by atoms with van der Waals surface area (Å²) in [6.07, 6.45) is 1.65. The lowest BCUT2D eigenvalue weighted by molar-refractivity contribution is 1.34. The molecule has 0 atom stereocenters. The summed E-state index contributed by atoms with van der Waals surface area (Å²) < 4.78 is 0.858. The van der Waals surface area contributed by atoms with E-state index in [9.17, 15) is 0 Å². The maximum atomic E-state index is 5.64. The number of halogens is 3. The number of hydrogen-bond acceptors (Lipinski definition) is 2. The fourth-order valence-corrected chi connectivity index (χ4v) is 1.44. The van der Waals surface area contributed by atoms with Crippen LogP contribution in [0.2, 0.25) is 0 Å². The molecule has 0 aliphatic carbocycles. The molecular weight excluding hydrogens is 277 g/mol. The van der Waals surface area contributed by atoms with E-state index in [1.165, 1.54) is 0 Å². The first kappa shape index (κ1) is 12.6. The zero-order valence-corrected chi connectivity index (χ0v) is 9.67. The molecule has 0 unspecified atom stereocenters. The van der Waals surface area contributed by atoms with Gasteiger partial charge in [0.05, 0.1) is 16.3 Å². The van der Waals surface area contributed by atoms with E-state index in [1.54, 1.807) is 6.33 Å². The van der Waals surface area contributed by atoms with Crippen LogP contribution in [-0.2, 0) is 0 Å². The van der Waals surface area contributed by atoms with Gasteiger partial charge >= 0.3 is 0 Å². The van der Waals surface area contributed by atoms with Crippen molar-refractivity contribution in [2.75, 3.05) is 5.73 Å². The van der Waals surface area contributed by atoms with Crippen LogP contribution in [0.15, 0.2) is 22.9 Å². The summed E-state index contributed by atoms with van der Waals surface area (Å²) in [6.45, 7) is 0. The first-order chi connectivity index (χ1) is 5.29. The number of benzene rings is 1. The zero-order valence-electron chi connectivity index (χ0n) is 6.45. The quantitative estimate of drug-likeness (QED) is 0.731. The number of H-pyrrole nitrogens is 1. The molecule has 0 spiro atoms. The Balaban J connectivity index is 0.000000720. The third kappa shape index (κ3) is 2.07.